The van der Waals surface area contributed by atoms with Crippen molar-refractivity contribution < 1.29 is 14.3 Å². The molecular formula is C20H25ClN2O3. The molecule has 0 aromatic heterocycles. The van der Waals surface area contributed by atoms with E-state index in [4.69, 9.17) is 15.2 Å². The van der Waals surface area contributed by atoms with Gasteiger partial charge < -0.3 is 20.5 Å². The number of rotatable bonds is 6. The van der Waals surface area contributed by atoms with E-state index in [1.807, 2.05) is 55.5 Å². The molecule has 2 aromatic carbocycles. The molecule has 3 rings (SSSR count). The molecule has 5 nitrogen and oxygen atoms in total. The van der Waals surface area contributed by atoms with E-state index in [0.29, 0.717) is 12.4 Å². The van der Waals surface area contributed by atoms with Gasteiger partial charge in [-0.1, -0.05) is 0 Å². The van der Waals surface area contributed by atoms with Crippen molar-refractivity contribution in [3.8, 4) is 17.2 Å². The first-order valence-corrected chi connectivity index (χ1v) is 8.71. The zero-order valence-electron chi connectivity index (χ0n) is 14.8. The lowest BCUT2D eigenvalue weighted by Crippen LogP contribution is -2.23. The number of carbonyl (C=O) groups is 1. The third-order valence-corrected chi connectivity index (χ3v) is 4.34. The number of hydrogen-bond acceptors (Lipinski definition) is 4. The van der Waals surface area contributed by atoms with Crippen LogP contribution in [-0.4, -0.2) is 18.6 Å². The highest BCUT2D eigenvalue weighted by Gasteiger charge is 2.27. The first-order valence-electron chi connectivity index (χ1n) is 8.71. The molecule has 2 atom stereocenters. The van der Waals surface area contributed by atoms with Crippen LogP contribution in [0.5, 0.6) is 17.2 Å². The molecular weight excluding hydrogens is 352 g/mol. The Morgan fingerprint density at radius 2 is 1.62 bits per heavy atom. The number of hydrogen-bond donors (Lipinski definition) is 2. The summed E-state index contributed by atoms with van der Waals surface area (Å²) in [5.74, 6) is 2.34. The van der Waals surface area contributed by atoms with E-state index in [1.54, 1.807) is 0 Å². The number of nitrogens with one attached hydrogen (secondary N) is 1. The van der Waals surface area contributed by atoms with Gasteiger partial charge >= 0.3 is 0 Å². The summed E-state index contributed by atoms with van der Waals surface area (Å²) in [6.45, 7) is 2.59. The molecule has 1 amide bonds. The van der Waals surface area contributed by atoms with Crippen LogP contribution in [0.1, 0.15) is 26.2 Å². The Hall–Kier alpha value is -2.24. The van der Waals surface area contributed by atoms with Crippen LogP contribution < -0.4 is 20.5 Å². The van der Waals surface area contributed by atoms with Crippen molar-refractivity contribution in [2.75, 3.05) is 11.9 Å². The van der Waals surface area contributed by atoms with Gasteiger partial charge in [0.05, 0.1) is 6.61 Å². The van der Waals surface area contributed by atoms with E-state index in [-0.39, 0.29) is 30.3 Å². The van der Waals surface area contributed by atoms with E-state index in [0.717, 1.165) is 36.4 Å². The average Bonchev–Trinajstić information content (AvgIpc) is 3.05. The minimum absolute atomic E-state index is 0. The van der Waals surface area contributed by atoms with Crippen molar-refractivity contribution >= 4 is 24.0 Å². The van der Waals surface area contributed by atoms with Gasteiger partial charge in [-0.2, -0.15) is 0 Å². The molecule has 0 spiro atoms. The fourth-order valence-electron chi connectivity index (χ4n) is 3.01. The molecule has 1 saturated carbocycles. The quantitative estimate of drug-likeness (QED) is 0.785. The van der Waals surface area contributed by atoms with Crippen LogP contribution in [0.4, 0.5) is 5.69 Å². The third kappa shape index (κ3) is 5.38. The summed E-state index contributed by atoms with van der Waals surface area (Å²) in [6, 6.07) is 15.0. The lowest BCUT2D eigenvalue weighted by atomic mass is 10.1. The second kappa shape index (κ2) is 9.46. The van der Waals surface area contributed by atoms with Gasteiger partial charge in [0.15, 0.2) is 0 Å². The second-order valence-electron chi connectivity index (χ2n) is 6.29. The normalized spacial score (nSPS) is 18.7. The van der Waals surface area contributed by atoms with E-state index in [1.165, 1.54) is 0 Å². The van der Waals surface area contributed by atoms with Crippen molar-refractivity contribution in [3.63, 3.8) is 0 Å². The first kappa shape index (κ1) is 20.1. The number of amides is 1. The topological polar surface area (TPSA) is 73.6 Å². The number of ether oxygens (including phenoxy) is 2. The zero-order valence-corrected chi connectivity index (χ0v) is 15.6. The second-order valence-corrected chi connectivity index (χ2v) is 6.29. The molecule has 1 aliphatic carbocycles. The Labute approximate surface area is 160 Å². The molecule has 2 aromatic rings. The van der Waals surface area contributed by atoms with Crippen molar-refractivity contribution in [2.45, 2.75) is 32.2 Å². The predicted molar refractivity (Wildman–Crippen MR) is 105 cm³/mol. The maximum Gasteiger partial charge on any atom is 0.227 e. The smallest absolute Gasteiger partial charge is 0.227 e. The maximum atomic E-state index is 12.2. The van der Waals surface area contributed by atoms with Crippen molar-refractivity contribution in [1.29, 1.82) is 0 Å². The van der Waals surface area contributed by atoms with Crippen molar-refractivity contribution in [2.24, 2.45) is 11.7 Å². The summed E-state index contributed by atoms with van der Waals surface area (Å²) in [5, 5.41) is 2.95. The van der Waals surface area contributed by atoms with Crippen molar-refractivity contribution in [1.82, 2.24) is 0 Å². The van der Waals surface area contributed by atoms with Gasteiger partial charge in [0.2, 0.25) is 5.91 Å². The minimum atomic E-state index is 0. The summed E-state index contributed by atoms with van der Waals surface area (Å²) in [7, 11) is 0. The van der Waals surface area contributed by atoms with Gasteiger partial charge in [-0.3, -0.25) is 4.79 Å². The van der Waals surface area contributed by atoms with Crippen LogP contribution in [0, 0.1) is 5.92 Å². The molecule has 6 heteroatoms. The lowest BCUT2D eigenvalue weighted by molar-refractivity contribution is -0.119. The molecule has 1 fully saturated rings. The van der Waals surface area contributed by atoms with Crippen LogP contribution >= 0.6 is 12.4 Å². The zero-order chi connectivity index (χ0) is 17.6. The summed E-state index contributed by atoms with van der Waals surface area (Å²) < 4.78 is 11.2. The Morgan fingerprint density at radius 3 is 2.15 bits per heavy atom. The SMILES string of the molecule is CCOc1ccc(Oc2ccc(NC(=O)C3CCC(N)C3)cc2)cc1.Cl. The number of benzene rings is 2. The minimum Gasteiger partial charge on any atom is -0.494 e. The van der Waals surface area contributed by atoms with Gasteiger partial charge in [0, 0.05) is 17.6 Å². The molecule has 140 valence electrons. The van der Waals surface area contributed by atoms with Crippen LogP contribution in [0.25, 0.3) is 0 Å². The summed E-state index contributed by atoms with van der Waals surface area (Å²) in [5.41, 5.74) is 6.64. The van der Waals surface area contributed by atoms with Crippen LogP contribution in [-0.2, 0) is 4.79 Å². The summed E-state index contributed by atoms with van der Waals surface area (Å²) in [6.07, 6.45) is 2.56. The molecule has 0 bridgehead atoms. The van der Waals surface area contributed by atoms with Gasteiger partial charge in [0.1, 0.15) is 17.2 Å². The standard InChI is InChI=1S/C20H24N2O3.ClH/c1-2-24-17-9-11-19(12-10-17)25-18-7-5-16(6-8-18)22-20(23)14-3-4-15(21)13-14;/h5-12,14-15H,2-4,13,21H2,1H3,(H,22,23);1H. The Kier molecular flexibility index (Phi) is 7.30. The molecule has 0 radical (unpaired) electrons. The van der Waals surface area contributed by atoms with Crippen LogP contribution in [0.3, 0.4) is 0 Å². The van der Waals surface area contributed by atoms with Gasteiger partial charge in [0.25, 0.3) is 0 Å². The fourth-order valence-corrected chi connectivity index (χ4v) is 3.01. The number of nitrogens with two attached hydrogens (primary N) is 1. The van der Waals surface area contributed by atoms with Gasteiger partial charge in [-0.15, -0.1) is 12.4 Å². The number of anilines is 1. The highest BCUT2D eigenvalue weighted by molar-refractivity contribution is 5.92. The maximum absolute atomic E-state index is 12.2. The Bertz CT molecular complexity index is 704. The third-order valence-electron chi connectivity index (χ3n) is 4.34. The number of carbonyl (C=O) groups excluding carboxylic acids is 1. The van der Waals surface area contributed by atoms with E-state index in [9.17, 15) is 4.79 Å². The summed E-state index contributed by atoms with van der Waals surface area (Å²) >= 11 is 0. The molecule has 2 unspecified atom stereocenters. The molecule has 3 N–H and O–H groups in total. The fraction of sp³-hybridized carbons (Fsp3) is 0.350. The van der Waals surface area contributed by atoms with Crippen molar-refractivity contribution in [3.05, 3.63) is 48.5 Å². The van der Waals surface area contributed by atoms with E-state index >= 15 is 0 Å². The molecule has 1 aliphatic rings. The molecule has 0 saturated heterocycles. The largest absolute Gasteiger partial charge is 0.494 e. The molecule has 26 heavy (non-hydrogen) atoms. The summed E-state index contributed by atoms with van der Waals surface area (Å²) in [4.78, 5) is 12.2. The van der Waals surface area contributed by atoms with Crippen LogP contribution in [0.2, 0.25) is 0 Å². The first-order chi connectivity index (χ1) is 12.1. The Balaban J connectivity index is 0.00000243. The highest BCUT2D eigenvalue weighted by Crippen LogP contribution is 2.27. The van der Waals surface area contributed by atoms with Gasteiger partial charge in [-0.25, -0.2) is 0 Å². The Morgan fingerprint density at radius 1 is 1.04 bits per heavy atom. The van der Waals surface area contributed by atoms with E-state index in [2.05, 4.69) is 5.32 Å². The highest BCUT2D eigenvalue weighted by atomic mass is 35.5. The molecule has 0 aliphatic heterocycles. The molecule has 0 heterocycles. The number of halogens is 1. The van der Waals surface area contributed by atoms with Crippen LogP contribution in [0.15, 0.2) is 48.5 Å². The monoisotopic (exact) mass is 376 g/mol. The van der Waals surface area contributed by atoms with E-state index < -0.39 is 0 Å². The lowest BCUT2D eigenvalue weighted by Gasteiger charge is -2.12. The average molecular weight is 377 g/mol. The predicted octanol–water partition coefficient (Wildman–Crippen LogP) is 4.37. The van der Waals surface area contributed by atoms with Gasteiger partial charge in [-0.05, 0) is 74.7 Å².